The van der Waals surface area contributed by atoms with Crippen molar-refractivity contribution in [2.75, 3.05) is 26.9 Å². The molecule has 27 heavy (non-hydrogen) atoms. The van der Waals surface area contributed by atoms with E-state index in [1.165, 1.54) is 5.56 Å². The van der Waals surface area contributed by atoms with Crippen LogP contribution in [0.5, 0.6) is 11.5 Å². The Kier molecular flexibility index (Phi) is 6.30. The summed E-state index contributed by atoms with van der Waals surface area (Å²) in [6.45, 7) is 1.17. The predicted octanol–water partition coefficient (Wildman–Crippen LogP) is 2.59. The number of esters is 1. The molecular weight excluding hydrogens is 346 g/mol. The van der Waals surface area contributed by atoms with Crippen LogP contribution in [0.25, 0.3) is 0 Å². The van der Waals surface area contributed by atoms with Crippen LogP contribution in [0.3, 0.4) is 0 Å². The van der Waals surface area contributed by atoms with E-state index in [0.29, 0.717) is 18.8 Å². The van der Waals surface area contributed by atoms with Crippen LogP contribution in [0.1, 0.15) is 17.5 Å². The summed E-state index contributed by atoms with van der Waals surface area (Å²) in [5.74, 6) is 0.760. The summed E-state index contributed by atoms with van der Waals surface area (Å²) in [7, 11) is 1.59. The number of methoxy groups -OCH3 is 1. The summed E-state index contributed by atoms with van der Waals surface area (Å²) in [6.07, 6.45) is 0.910. The lowest BCUT2D eigenvalue weighted by Gasteiger charge is -2.28. The van der Waals surface area contributed by atoms with Gasteiger partial charge in [-0.25, -0.2) is 0 Å². The van der Waals surface area contributed by atoms with Crippen LogP contribution in [0.15, 0.2) is 48.5 Å². The number of ether oxygens (including phenoxy) is 3. The largest absolute Gasteiger partial charge is 0.497 e. The number of nitrogens with zero attached hydrogens (tertiary/aromatic N) is 1. The van der Waals surface area contributed by atoms with Gasteiger partial charge in [0.1, 0.15) is 11.5 Å². The Morgan fingerprint density at radius 1 is 1.00 bits per heavy atom. The fourth-order valence-corrected chi connectivity index (χ4v) is 2.94. The number of rotatable bonds is 7. The van der Waals surface area contributed by atoms with Crippen LogP contribution in [-0.2, 0) is 27.3 Å². The smallest absolute Gasteiger partial charge is 0.309 e. The molecule has 6 nitrogen and oxygen atoms in total. The molecule has 1 amide bonds. The van der Waals surface area contributed by atoms with Gasteiger partial charge in [0.25, 0.3) is 5.91 Å². The number of fused-ring (bicyclic) bond motifs is 1. The lowest BCUT2D eigenvalue weighted by atomic mass is 10.00. The van der Waals surface area contributed by atoms with Gasteiger partial charge in [-0.1, -0.05) is 24.3 Å². The van der Waals surface area contributed by atoms with Crippen molar-refractivity contribution in [3.63, 3.8) is 0 Å². The maximum Gasteiger partial charge on any atom is 0.309 e. The van der Waals surface area contributed by atoms with Gasteiger partial charge < -0.3 is 19.1 Å². The van der Waals surface area contributed by atoms with Crippen molar-refractivity contribution in [3.8, 4) is 11.5 Å². The van der Waals surface area contributed by atoms with Gasteiger partial charge in [0.05, 0.1) is 20.1 Å². The maximum absolute atomic E-state index is 12.3. The molecular formula is C21H23NO5. The lowest BCUT2D eigenvalue weighted by Crippen LogP contribution is -2.38. The second kappa shape index (κ2) is 9.07. The third kappa shape index (κ3) is 5.23. The summed E-state index contributed by atoms with van der Waals surface area (Å²) >= 11 is 0. The molecule has 0 aromatic heterocycles. The molecule has 0 saturated carbocycles. The molecule has 1 aliphatic heterocycles. The summed E-state index contributed by atoms with van der Waals surface area (Å²) in [6, 6.07) is 15.2. The normalized spacial score (nSPS) is 12.9. The highest BCUT2D eigenvalue weighted by atomic mass is 16.5. The van der Waals surface area contributed by atoms with E-state index in [9.17, 15) is 9.59 Å². The SMILES string of the molecule is COc1ccc(OCCC(=O)OCC(=O)N2CCc3ccccc3C2)cc1. The molecule has 0 radical (unpaired) electrons. The Hall–Kier alpha value is -3.02. The molecule has 1 aliphatic rings. The van der Waals surface area contributed by atoms with Crippen molar-refractivity contribution < 1.29 is 23.8 Å². The highest BCUT2D eigenvalue weighted by molar-refractivity contribution is 5.81. The number of benzene rings is 2. The zero-order valence-electron chi connectivity index (χ0n) is 15.3. The van der Waals surface area contributed by atoms with E-state index in [1.807, 2.05) is 18.2 Å². The molecule has 6 heteroatoms. The first-order valence-electron chi connectivity index (χ1n) is 8.93. The van der Waals surface area contributed by atoms with E-state index in [2.05, 4.69) is 6.07 Å². The third-order valence-electron chi connectivity index (χ3n) is 4.47. The van der Waals surface area contributed by atoms with Gasteiger partial charge >= 0.3 is 5.97 Å². The Morgan fingerprint density at radius 2 is 1.70 bits per heavy atom. The molecule has 0 aliphatic carbocycles. The second-order valence-electron chi connectivity index (χ2n) is 6.27. The zero-order chi connectivity index (χ0) is 19.1. The standard InChI is InChI=1S/C21H23NO5/c1-25-18-6-8-19(9-7-18)26-13-11-21(24)27-15-20(23)22-12-10-16-4-2-3-5-17(16)14-22/h2-9H,10-15H2,1H3. The molecule has 3 rings (SSSR count). The Bertz CT molecular complexity index is 787. The molecule has 1 heterocycles. The average molecular weight is 369 g/mol. The predicted molar refractivity (Wildman–Crippen MR) is 99.6 cm³/mol. The van der Waals surface area contributed by atoms with Crippen molar-refractivity contribution in [2.24, 2.45) is 0 Å². The fourth-order valence-electron chi connectivity index (χ4n) is 2.94. The quantitative estimate of drug-likeness (QED) is 0.702. The van der Waals surface area contributed by atoms with E-state index >= 15 is 0 Å². The maximum atomic E-state index is 12.3. The molecule has 0 atom stereocenters. The minimum absolute atomic E-state index is 0.0855. The summed E-state index contributed by atoms with van der Waals surface area (Å²) < 4.78 is 15.6. The number of carbonyl (C=O) groups is 2. The van der Waals surface area contributed by atoms with Crippen molar-refractivity contribution in [1.82, 2.24) is 4.90 Å². The Morgan fingerprint density at radius 3 is 2.44 bits per heavy atom. The molecule has 2 aromatic rings. The van der Waals surface area contributed by atoms with Gasteiger partial charge in [-0.3, -0.25) is 9.59 Å². The van der Waals surface area contributed by atoms with Gasteiger partial charge in [-0.15, -0.1) is 0 Å². The van der Waals surface area contributed by atoms with Crippen LogP contribution in [-0.4, -0.2) is 43.6 Å². The van der Waals surface area contributed by atoms with E-state index in [-0.39, 0.29) is 25.5 Å². The first kappa shape index (κ1) is 18.8. The van der Waals surface area contributed by atoms with Crippen LogP contribution in [0, 0.1) is 0 Å². The summed E-state index contributed by atoms with van der Waals surface area (Å²) in [4.78, 5) is 25.8. The zero-order valence-corrected chi connectivity index (χ0v) is 15.3. The molecule has 0 unspecified atom stereocenters. The molecule has 2 aromatic carbocycles. The lowest BCUT2D eigenvalue weighted by molar-refractivity contribution is -0.152. The number of hydrogen-bond donors (Lipinski definition) is 0. The summed E-state index contributed by atoms with van der Waals surface area (Å²) in [5, 5.41) is 0. The minimum atomic E-state index is -0.450. The number of amides is 1. The molecule has 0 saturated heterocycles. The highest BCUT2D eigenvalue weighted by Crippen LogP contribution is 2.19. The second-order valence-corrected chi connectivity index (χ2v) is 6.27. The number of carbonyl (C=O) groups excluding carboxylic acids is 2. The molecule has 142 valence electrons. The van der Waals surface area contributed by atoms with Crippen molar-refractivity contribution >= 4 is 11.9 Å². The molecule has 0 fully saturated rings. The van der Waals surface area contributed by atoms with E-state index in [1.54, 1.807) is 36.3 Å². The van der Waals surface area contributed by atoms with E-state index in [4.69, 9.17) is 14.2 Å². The van der Waals surface area contributed by atoms with Crippen LogP contribution < -0.4 is 9.47 Å². The van der Waals surface area contributed by atoms with Crippen molar-refractivity contribution in [1.29, 1.82) is 0 Å². The van der Waals surface area contributed by atoms with Gasteiger partial charge in [0.2, 0.25) is 0 Å². The van der Waals surface area contributed by atoms with Crippen molar-refractivity contribution in [2.45, 2.75) is 19.4 Å². The van der Waals surface area contributed by atoms with Crippen LogP contribution >= 0.6 is 0 Å². The Balaban J connectivity index is 1.37. The third-order valence-corrected chi connectivity index (χ3v) is 4.47. The first-order chi connectivity index (χ1) is 13.2. The van der Waals surface area contributed by atoms with Gasteiger partial charge in [0.15, 0.2) is 6.61 Å². The van der Waals surface area contributed by atoms with Crippen LogP contribution in [0.4, 0.5) is 0 Å². The first-order valence-corrected chi connectivity index (χ1v) is 8.93. The van der Waals surface area contributed by atoms with Crippen LogP contribution in [0.2, 0.25) is 0 Å². The number of hydrogen-bond acceptors (Lipinski definition) is 5. The molecule has 0 bridgehead atoms. The minimum Gasteiger partial charge on any atom is -0.497 e. The Labute approximate surface area is 158 Å². The topological polar surface area (TPSA) is 65.1 Å². The van der Waals surface area contributed by atoms with Gasteiger partial charge in [0, 0.05) is 13.1 Å². The van der Waals surface area contributed by atoms with Crippen molar-refractivity contribution in [3.05, 3.63) is 59.7 Å². The monoisotopic (exact) mass is 369 g/mol. The van der Waals surface area contributed by atoms with Gasteiger partial charge in [-0.2, -0.15) is 0 Å². The fraction of sp³-hybridized carbons (Fsp3) is 0.333. The molecule has 0 spiro atoms. The summed E-state index contributed by atoms with van der Waals surface area (Å²) in [5.41, 5.74) is 2.42. The average Bonchev–Trinajstić information content (AvgIpc) is 2.72. The highest BCUT2D eigenvalue weighted by Gasteiger charge is 2.21. The van der Waals surface area contributed by atoms with E-state index in [0.717, 1.165) is 17.7 Å². The van der Waals surface area contributed by atoms with Gasteiger partial charge in [-0.05, 0) is 41.8 Å². The molecule has 0 N–H and O–H groups in total. The van der Waals surface area contributed by atoms with E-state index < -0.39 is 5.97 Å².